The number of halogens is 1. The predicted octanol–water partition coefficient (Wildman–Crippen LogP) is 4.34. The molecule has 0 aromatic heterocycles. The van der Waals surface area contributed by atoms with Crippen LogP contribution in [0.3, 0.4) is 0 Å². The Morgan fingerprint density at radius 3 is 2.26 bits per heavy atom. The van der Waals surface area contributed by atoms with E-state index in [9.17, 15) is 18.8 Å². The number of hydrogen-bond acceptors (Lipinski definition) is 4. The van der Waals surface area contributed by atoms with Crippen molar-refractivity contribution < 1.29 is 23.5 Å². The van der Waals surface area contributed by atoms with Crippen LogP contribution in [-0.2, 0) is 20.8 Å². The Balaban J connectivity index is 1.40. The molecule has 7 nitrogen and oxygen atoms in total. The first-order valence-electron chi connectivity index (χ1n) is 14.3. The molecule has 2 aromatic rings. The Hall–Kier alpha value is -3.42. The zero-order valence-corrected chi connectivity index (χ0v) is 22.9. The van der Waals surface area contributed by atoms with E-state index in [-0.39, 0.29) is 35.5 Å². The molecule has 1 saturated heterocycles. The highest BCUT2D eigenvalue weighted by atomic mass is 19.1. The minimum Gasteiger partial charge on any atom is -0.481 e. The highest BCUT2D eigenvalue weighted by Gasteiger charge is 2.37. The van der Waals surface area contributed by atoms with Crippen molar-refractivity contribution in [3.63, 3.8) is 0 Å². The van der Waals surface area contributed by atoms with Crippen LogP contribution in [0.4, 0.5) is 4.39 Å². The van der Waals surface area contributed by atoms with Crippen LogP contribution < -0.4 is 4.74 Å². The monoisotopic (exact) mass is 535 g/mol. The van der Waals surface area contributed by atoms with Gasteiger partial charge in [-0.05, 0) is 66.6 Å². The third-order valence-corrected chi connectivity index (χ3v) is 8.48. The molecule has 2 atom stereocenters. The van der Waals surface area contributed by atoms with Gasteiger partial charge in [0.15, 0.2) is 6.10 Å². The predicted molar refractivity (Wildman–Crippen MR) is 146 cm³/mol. The topological polar surface area (TPSA) is 70.2 Å². The number of carbonyl (C=O) groups excluding carboxylic acids is 3. The van der Waals surface area contributed by atoms with Crippen LogP contribution in [0.15, 0.2) is 42.5 Å². The number of nitrogens with zero attached hydrogens (tertiary/aromatic N) is 3. The molecule has 0 unspecified atom stereocenters. The summed E-state index contributed by atoms with van der Waals surface area (Å²) in [7, 11) is 0. The summed E-state index contributed by atoms with van der Waals surface area (Å²) in [5.41, 5.74) is 2.97. The SMILES string of the molecule is CC[C@@H](Oc1ccc2c(c1)[C@@H](c1ccc(F)cc1)N(C(=O)C1CCCC1)CC2)C(=O)N1CCN(C(C)=O)CC1. The van der Waals surface area contributed by atoms with Crippen LogP contribution in [0.25, 0.3) is 0 Å². The fourth-order valence-electron chi connectivity index (χ4n) is 6.23. The molecule has 3 aliphatic rings. The van der Waals surface area contributed by atoms with Gasteiger partial charge in [0.1, 0.15) is 11.6 Å². The van der Waals surface area contributed by atoms with Gasteiger partial charge in [-0.1, -0.05) is 38.0 Å². The van der Waals surface area contributed by atoms with Crippen molar-refractivity contribution in [2.45, 2.75) is 64.5 Å². The lowest BCUT2D eigenvalue weighted by atomic mass is 9.87. The number of rotatable bonds is 6. The molecule has 0 bridgehead atoms. The molecule has 39 heavy (non-hydrogen) atoms. The zero-order valence-electron chi connectivity index (χ0n) is 22.9. The van der Waals surface area contributed by atoms with E-state index in [0.717, 1.165) is 48.8 Å². The lowest BCUT2D eigenvalue weighted by molar-refractivity contribution is -0.143. The maximum atomic E-state index is 13.8. The number of ether oxygens (including phenoxy) is 1. The summed E-state index contributed by atoms with van der Waals surface area (Å²) in [6.45, 7) is 6.14. The summed E-state index contributed by atoms with van der Waals surface area (Å²) in [6.07, 6.45) is 4.60. The van der Waals surface area contributed by atoms with Crippen molar-refractivity contribution >= 4 is 17.7 Å². The molecule has 208 valence electrons. The molecule has 2 fully saturated rings. The van der Waals surface area contributed by atoms with Gasteiger partial charge >= 0.3 is 0 Å². The van der Waals surface area contributed by atoms with Gasteiger partial charge in [0, 0.05) is 45.6 Å². The summed E-state index contributed by atoms with van der Waals surface area (Å²) in [5.74, 6) is 0.430. The Morgan fingerprint density at radius 1 is 0.949 bits per heavy atom. The van der Waals surface area contributed by atoms with E-state index in [4.69, 9.17) is 4.74 Å². The Morgan fingerprint density at radius 2 is 1.62 bits per heavy atom. The lowest BCUT2D eigenvalue weighted by Crippen LogP contribution is -2.53. The van der Waals surface area contributed by atoms with Gasteiger partial charge in [0.25, 0.3) is 5.91 Å². The van der Waals surface area contributed by atoms with E-state index in [0.29, 0.717) is 44.9 Å². The molecule has 0 spiro atoms. The lowest BCUT2D eigenvalue weighted by Gasteiger charge is -2.39. The minimum atomic E-state index is -0.643. The van der Waals surface area contributed by atoms with Gasteiger partial charge in [0.2, 0.25) is 11.8 Å². The molecule has 2 heterocycles. The molecular weight excluding hydrogens is 497 g/mol. The average Bonchev–Trinajstić information content (AvgIpc) is 3.50. The molecular formula is C31H38FN3O4. The van der Waals surface area contributed by atoms with Crippen LogP contribution in [0, 0.1) is 11.7 Å². The van der Waals surface area contributed by atoms with E-state index < -0.39 is 6.10 Å². The number of hydrogen-bond donors (Lipinski definition) is 0. The second-order valence-electron chi connectivity index (χ2n) is 10.9. The maximum Gasteiger partial charge on any atom is 0.263 e. The van der Waals surface area contributed by atoms with Gasteiger partial charge in [-0.25, -0.2) is 4.39 Å². The van der Waals surface area contributed by atoms with E-state index in [1.165, 1.54) is 12.1 Å². The number of piperazine rings is 1. The number of amides is 3. The Bertz CT molecular complexity index is 1200. The normalized spacial score (nSPS) is 20.5. The van der Waals surface area contributed by atoms with Crippen LogP contribution in [0.2, 0.25) is 0 Å². The number of fused-ring (bicyclic) bond motifs is 1. The number of benzene rings is 2. The highest BCUT2D eigenvalue weighted by molar-refractivity contribution is 5.82. The first-order chi connectivity index (χ1) is 18.9. The third kappa shape index (κ3) is 5.80. The van der Waals surface area contributed by atoms with Crippen molar-refractivity contribution in [3.8, 4) is 5.75 Å². The maximum absolute atomic E-state index is 13.8. The molecule has 0 N–H and O–H groups in total. The molecule has 5 rings (SSSR count). The summed E-state index contributed by atoms with van der Waals surface area (Å²) >= 11 is 0. The van der Waals surface area contributed by atoms with Gasteiger partial charge in [0.05, 0.1) is 6.04 Å². The quantitative estimate of drug-likeness (QED) is 0.552. The zero-order chi connectivity index (χ0) is 27.5. The third-order valence-electron chi connectivity index (χ3n) is 8.48. The summed E-state index contributed by atoms with van der Waals surface area (Å²) in [6, 6.07) is 12.0. The van der Waals surface area contributed by atoms with Crippen LogP contribution >= 0.6 is 0 Å². The van der Waals surface area contributed by atoms with Crippen molar-refractivity contribution in [2.75, 3.05) is 32.7 Å². The van der Waals surface area contributed by atoms with Gasteiger partial charge in [-0.15, -0.1) is 0 Å². The summed E-state index contributed by atoms with van der Waals surface area (Å²) in [5, 5.41) is 0. The summed E-state index contributed by atoms with van der Waals surface area (Å²) < 4.78 is 20.1. The molecule has 2 aromatic carbocycles. The Kier molecular flexibility index (Phi) is 8.19. The van der Waals surface area contributed by atoms with Crippen LogP contribution in [0.1, 0.15) is 68.7 Å². The van der Waals surface area contributed by atoms with Gasteiger partial charge < -0.3 is 19.4 Å². The number of carbonyl (C=O) groups is 3. The van der Waals surface area contributed by atoms with E-state index in [1.807, 2.05) is 30.0 Å². The molecule has 0 radical (unpaired) electrons. The first kappa shape index (κ1) is 27.2. The largest absolute Gasteiger partial charge is 0.481 e. The fraction of sp³-hybridized carbons (Fsp3) is 0.516. The van der Waals surface area contributed by atoms with Crippen molar-refractivity contribution in [1.29, 1.82) is 0 Å². The van der Waals surface area contributed by atoms with Crippen LogP contribution in [0.5, 0.6) is 5.75 Å². The van der Waals surface area contributed by atoms with E-state index in [2.05, 4.69) is 0 Å². The second kappa shape index (κ2) is 11.8. The second-order valence-corrected chi connectivity index (χ2v) is 10.9. The molecule has 2 aliphatic heterocycles. The standard InChI is InChI=1S/C31H38FN3O4/c1-3-28(31(38)34-18-16-33(17-19-34)21(2)36)39-26-13-10-22-14-15-35(30(37)24-6-4-5-7-24)29(27(22)20-26)23-8-11-25(32)12-9-23/h8-13,20,24,28-29H,3-7,14-19H2,1-2H3/t28-,29-/m1/s1. The summed E-state index contributed by atoms with van der Waals surface area (Å²) in [4.78, 5) is 44.1. The first-order valence-corrected chi connectivity index (χ1v) is 14.3. The Labute approximate surface area is 229 Å². The van der Waals surface area contributed by atoms with Gasteiger partial charge in [-0.3, -0.25) is 14.4 Å². The average molecular weight is 536 g/mol. The smallest absolute Gasteiger partial charge is 0.263 e. The van der Waals surface area contributed by atoms with Gasteiger partial charge in [-0.2, -0.15) is 0 Å². The molecule has 8 heteroatoms. The van der Waals surface area contributed by atoms with Crippen molar-refractivity contribution in [3.05, 3.63) is 65.0 Å². The van der Waals surface area contributed by atoms with E-state index >= 15 is 0 Å². The molecule has 3 amide bonds. The highest BCUT2D eigenvalue weighted by Crippen LogP contribution is 2.40. The fourth-order valence-corrected chi connectivity index (χ4v) is 6.23. The van der Waals surface area contributed by atoms with Crippen molar-refractivity contribution in [1.82, 2.24) is 14.7 Å². The van der Waals surface area contributed by atoms with Crippen LogP contribution in [-0.4, -0.2) is 71.2 Å². The minimum absolute atomic E-state index is 0.0237. The van der Waals surface area contributed by atoms with Crippen molar-refractivity contribution in [2.24, 2.45) is 5.92 Å². The molecule has 1 saturated carbocycles. The van der Waals surface area contributed by atoms with E-state index in [1.54, 1.807) is 28.9 Å². The molecule has 1 aliphatic carbocycles.